The van der Waals surface area contributed by atoms with Crippen LogP contribution in [0.4, 0.5) is 0 Å². The number of nitrogens with one attached hydrogen (secondary N) is 1. The van der Waals surface area contributed by atoms with E-state index in [1.54, 1.807) is 47.4 Å². The molecule has 7 nitrogen and oxygen atoms in total. The zero-order valence-corrected chi connectivity index (χ0v) is 17.4. The molecule has 0 aliphatic heterocycles. The number of imidazole rings is 1. The van der Waals surface area contributed by atoms with Gasteiger partial charge in [-0.05, 0) is 53.7 Å². The molecule has 0 bridgehead atoms. The van der Waals surface area contributed by atoms with Crippen molar-refractivity contribution in [1.29, 1.82) is 0 Å². The van der Waals surface area contributed by atoms with Crippen LogP contribution in [0.5, 0.6) is 11.5 Å². The Morgan fingerprint density at radius 2 is 1.97 bits per heavy atom. The molecule has 0 fully saturated rings. The number of nitrogens with zero attached hydrogens (tertiary/aromatic N) is 3. The lowest BCUT2D eigenvalue weighted by Gasteiger charge is -2.09. The van der Waals surface area contributed by atoms with Gasteiger partial charge in [0.15, 0.2) is 16.3 Å². The molecule has 2 aromatic carbocycles. The third-order valence-electron chi connectivity index (χ3n) is 4.40. The third-order valence-corrected chi connectivity index (χ3v) is 4.69. The van der Waals surface area contributed by atoms with Crippen LogP contribution in [0.2, 0.25) is 0 Å². The van der Waals surface area contributed by atoms with Crippen LogP contribution in [0.1, 0.15) is 15.9 Å². The summed E-state index contributed by atoms with van der Waals surface area (Å²) in [5, 5.41) is 4.42. The van der Waals surface area contributed by atoms with Crippen LogP contribution >= 0.6 is 12.2 Å². The molecule has 0 spiro atoms. The zero-order valence-electron chi connectivity index (χ0n) is 16.6. The molecule has 0 saturated carbocycles. The summed E-state index contributed by atoms with van der Waals surface area (Å²) in [5.41, 5.74) is 3.00. The molecule has 0 saturated heterocycles. The number of esters is 1. The maximum Gasteiger partial charge on any atom is 0.345 e. The van der Waals surface area contributed by atoms with Gasteiger partial charge in [-0.25, -0.2) is 9.47 Å². The first-order valence-corrected chi connectivity index (χ1v) is 9.76. The number of pyridine rings is 1. The number of ether oxygens (including phenoxy) is 2. The Hall–Kier alpha value is -4.04. The van der Waals surface area contributed by atoms with Crippen LogP contribution in [0.3, 0.4) is 0 Å². The predicted octanol–water partition coefficient (Wildman–Crippen LogP) is 4.72. The van der Waals surface area contributed by atoms with Crippen molar-refractivity contribution in [2.75, 3.05) is 7.11 Å². The Morgan fingerprint density at radius 3 is 2.71 bits per heavy atom. The fraction of sp³-hybridized carbons (Fsp3) is 0.0435. The van der Waals surface area contributed by atoms with Gasteiger partial charge in [-0.3, -0.25) is 4.98 Å². The molecule has 0 unspecified atom stereocenters. The Labute approximate surface area is 183 Å². The number of carbonyl (C=O) groups excluding carboxylic acids is 1. The fourth-order valence-corrected chi connectivity index (χ4v) is 3.07. The van der Waals surface area contributed by atoms with E-state index in [1.807, 2.05) is 36.5 Å². The van der Waals surface area contributed by atoms with Gasteiger partial charge >= 0.3 is 5.97 Å². The maximum absolute atomic E-state index is 12.3. The molecular formula is C23H18N4O3S. The molecule has 1 N–H and O–H groups in total. The van der Waals surface area contributed by atoms with Gasteiger partial charge < -0.3 is 14.5 Å². The number of carbonyl (C=O) groups is 1. The molecular weight excluding hydrogens is 412 g/mol. The first-order chi connectivity index (χ1) is 15.1. The van der Waals surface area contributed by atoms with Crippen molar-refractivity contribution < 1.29 is 14.3 Å². The number of aromatic nitrogens is 3. The Morgan fingerprint density at radius 1 is 1.13 bits per heavy atom. The van der Waals surface area contributed by atoms with E-state index in [4.69, 9.17) is 21.7 Å². The number of benzene rings is 2. The number of H-pyrrole nitrogens is 1. The summed E-state index contributed by atoms with van der Waals surface area (Å²) in [7, 11) is 1.51. The number of rotatable bonds is 6. The van der Waals surface area contributed by atoms with Gasteiger partial charge in [0.1, 0.15) is 0 Å². The highest BCUT2D eigenvalue weighted by Gasteiger charge is 2.13. The molecule has 0 atom stereocenters. The van der Waals surface area contributed by atoms with Crippen LogP contribution in [0.15, 0.2) is 84.4 Å². The molecule has 4 aromatic rings. The summed E-state index contributed by atoms with van der Waals surface area (Å²) in [5.74, 6) is 0.196. The average molecular weight is 430 g/mol. The molecule has 8 heteroatoms. The Balaban J connectivity index is 1.53. The van der Waals surface area contributed by atoms with E-state index in [0.717, 1.165) is 16.8 Å². The van der Waals surface area contributed by atoms with E-state index in [1.165, 1.54) is 13.3 Å². The van der Waals surface area contributed by atoms with Crippen molar-refractivity contribution in [2.45, 2.75) is 0 Å². The van der Waals surface area contributed by atoms with E-state index < -0.39 is 5.97 Å². The highest BCUT2D eigenvalue weighted by molar-refractivity contribution is 7.71. The van der Waals surface area contributed by atoms with E-state index in [0.29, 0.717) is 21.8 Å². The molecule has 2 aromatic heterocycles. The minimum absolute atomic E-state index is 0.304. The largest absolute Gasteiger partial charge is 0.493 e. The van der Waals surface area contributed by atoms with E-state index >= 15 is 0 Å². The van der Waals surface area contributed by atoms with E-state index in [9.17, 15) is 4.79 Å². The highest BCUT2D eigenvalue weighted by Crippen LogP contribution is 2.28. The molecule has 31 heavy (non-hydrogen) atoms. The van der Waals surface area contributed by atoms with Crippen molar-refractivity contribution in [3.8, 4) is 22.8 Å². The Kier molecular flexibility index (Phi) is 6.00. The smallest absolute Gasteiger partial charge is 0.345 e. The van der Waals surface area contributed by atoms with Crippen molar-refractivity contribution >= 4 is 24.4 Å². The summed E-state index contributed by atoms with van der Waals surface area (Å²) in [4.78, 5) is 19.3. The zero-order chi connectivity index (χ0) is 21.6. The molecule has 0 aliphatic carbocycles. The minimum Gasteiger partial charge on any atom is -0.493 e. The highest BCUT2D eigenvalue weighted by atomic mass is 32.1. The molecule has 154 valence electrons. The number of hydrogen-bond acceptors (Lipinski definition) is 6. The van der Waals surface area contributed by atoms with Crippen molar-refractivity contribution in [2.24, 2.45) is 5.10 Å². The van der Waals surface area contributed by atoms with Crippen molar-refractivity contribution in [3.63, 3.8) is 0 Å². The van der Waals surface area contributed by atoms with Crippen LogP contribution in [-0.2, 0) is 0 Å². The second kappa shape index (κ2) is 9.19. The first-order valence-electron chi connectivity index (χ1n) is 9.36. The van der Waals surface area contributed by atoms with Gasteiger partial charge in [0.25, 0.3) is 0 Å². The number of aromatic amines is 1. The first kappa shape index (κ1) is 20.2. The van der Waals surface area contributed by atoms with Gasteiger partial charge in [0, 0.05) is 12.4 Å². The van der Waals surface area contributed by atoms with Crippen LogP contribution in [0.25, 0.3) is 11.3 Å². The molecule has 4 rings (SSSR count). The second-order valence-electron chi connectivity index (χ2n) is 6.47. The van der Waals surface area contributed by atoms with Gasteiger partial charge in [0.2, 0.25) is 0 Å². The van der Waals surface area contributed by atoms with Crippen molar-refractivity contribution in [1.82, 2.24) is 14.6 Å². The summed E-state index contributed by atoms with van der Waals surface area (Å²) in [6.45, 7) is 0. The van der Waals surface area contributed by atoms with Crippen LogP contribution < -0.4 is 9.47 Å². The summed E-state index contributed by atoms with van der Waals surface area (Å²) in [6, 6.07) is 18.3. The SMILES string of the molecule is COc1cc(/C=N/n2cc(-c3ccccc3)[nH]c2=S)ccc1OC(=O)c1cccnc1. The molecule has 0 aliphatic rings. The molecule has 2 heterocycles. The number of hydrogen-bond donors (Lipinski definition) is 1. The van der Waals surface area contributed by atoms with E-state index in [-0.39, 0.29) is 0 Å². The standard InChI is InChI=1S/C23H18N4O3S/c1-29-21-12-16(9-10-20(21)30-22(28)18-8-5-11-24-14-18)13-25-27-15-19(26-23(27)31)17-6-3-2-4-7-17/h2-15H,1H3,(H,26,31)/b25-13+. The normalized spacial score (nSPS) is 10.9. The topological polar surface area (TPSA) is 81.5 Å². The molecule has 0 amide bonds. The number of methoxy groups -OCH3 is 1. The maximum atomic E-state index is 12.3. The predicted molar refractivity (Wildman–Crippen MR) is 120 cm³/mol. The van der Waals surface area contributed by atoms with Gasteiger partial charge in [-0.1, -0.05) is 30.3 Å². The molecule has 0 radical (unpaired) electrons. The van der Waals surface area contributed by atoms with Crippen LogP contribution in [0, 0.1) is 4.77 Å². The fourth-order valence-electron chi connectivity index (χ4n) is 2.86. The van der Waals surface area contributed by atoms with Gasteiger partial charge in [-0.15, -0.1) is 0 Å². The lowest BCUT2D eigenvalue weighted by atomic mass is 10.2. The van der Waals surface area contributed by atoms with Gasteiger partial charge in [-0.2, -0.15) is 5.10 Å². The van der Waals surface area contributed by atoms with E-state index in [2.05, 4.69) is 15.1 Å². The average Bonchev–Trinajstić information content (AvgIpc) is 3.20. The summed E-state index contributed by atoms with van der Waals surface area (Å²) in [6.07, 6.45) is 6.51. The quantitative estimate of drug-likeness (QED) is 0.207. The lowest BCUT2D eigenvalue weighted by Crippen LogP contribution is -2.09. The Bertz CT molecular complexity index is 1280. The minimum atomic E-state index is -0.514. The van der Waals surface area contributed by atoms with Crippen molar-refractivity contribution in [3.05, 3.63) is 95.2 Å². The third kappa shape index (κ3) is 4.76. The monoisotopic (exact) mass is 430 g/mol. The summed E-state index contributed by atoms with van der Waals surface area (Å²) < 4.78 is 12.9. The summed E-state index contributed by atoms with van der Waals surface area (Å²) >= 11 is 5.36. The van der Waals surface area contributed by atoms with Gasteiger partial charge in [0.05, 0.1) is 30.8 Å². The second-order valence-corrected chi connectivity index (χ2v) is 6.86. The van der Waals surface area contributed by atoms with Crippen LogP contribution in [-0.4, -0.2) is 33.9 Å². The lowest BCUT2D eigenvalue weighted by molar-refractivity contribution is 0.0729.